The molecule has 0 fully saturated rings. The van der Waals surface area contributed by atoms with E-state index in [2.05, 4.69) is 46.8 Å². The normalized spacial score (nSPS) is 11.6. The van der Waals surface area contributed by atoms with E-state index in [1.165, 1.54) is 12.1 Å². The Morgan fingerprint density at radius 2 is 1.52 bits per heavy atom. The molecule has 3 aromatic rings. The molecule has 0 aromatic heterocycles. The Labute approximate surface area is 187 Å². The minimum absolute atomic E-state index is 0.180. The van der Waals surface area contributed by atoms with Crippen LogP contribution in [0, 0.1) is 0 Å². The fraction of sp³-hybridized carbons (Fsp3) is 0.100. The topological polar surface area (TPSA) is 74.1 Å². The minimum atomic E-state index is -3.72. The number of hydrogen-bond donors (Lipinski definition) is 1. The van der Waals surface area contributed by atoms with Crippen LogP contribution in [0.5, 0.6) is 0 Å². The van der Waals surface area contributed by atoms with E-state index in [0.717, 1.165) is 5.69 Å². The van der Waals surface area contributed by atoms with Crippen molar-refractivity contribution in [2.45, 2.75) is 4.90 Å². The number of rotatable bonds is 6. The molecule has 0 unspecified atom stereocenters. The maximum Gasteiger partial charge on any atom is 0.261 e. The Balaban J connectivity index is 1.87. The minimum Gasteiger partial charge on any atom is -0.378 e. The predicted octanol–water partition coefficient (Wildman–Crippen LogP) is 6.49. The van der Waals surface area contributed by atoms with Gasteiger partial charge in [-0.25, -0.2) is 8.42 Å². The van der Waals surface area contributed by atoms with Crippen LogP contribution in [-0.2, 0) is 10.0 Å². The maximum atomic E-state index is 12.6. The first kappa shape index (κ1) is 21.5. The Bertz CT molecular complexity index is 1130. The van der Waals surface area contributed by atoms with Crippen LogP contribution in [-0.4, -0.2) is 22.5 Å². The van der Waals surface area contributed by atoms with Crippen molar-refractivity contribution in [2.24, 2.45) is 10.2 Å². The molecule has 9 heteroatoms. The first-order valence-electron chi connectivity index (χ1n) is 8.52. The largest absolute Gasteiger partial charge is 0.378 e. The van der Waals surface area contributed by atoms with Gasteiger partial charge in [0.05, 0.1) is 16.3 Å². The van der Waals surface area contributed by atoms with E-state index in [-0.39, 0.29) is 4.90 Å². The molecule has 0 amide bonds. The molecule has 0 spiro atoms. The zero-order valence-corrected chi connectivity index (χ0v) is 19.7. The molecule has 29 heavy (non-hydrogen) atoms. The monoisotopic (exact) mass is 536 g/mol. The fourth-order valence-electron chi connectivity index (χ4n) is 2.42. The highest BCUT2D eigenvalue weighted by Crippen LogP contribution is 2.36. The SMILES string of the molecule is CN(C)c1ccc(N=Nc2cc(NS(=O)(=O)c3ccccc3)c(Br)cc2Br)cc1. The van der Waals surface area contributed by atoms with Gasteiger partial charge in [0, 0.05) is 28.7 Å². The molecule has 1 N–H and O–H groups in total. The predicted molar refractivity (Wildman–Crippen MR) is 124 cm³/mol. The fourth-order valence-corrected chi connectivity index (χ4v) is 4.82. The van der Waals surface area contributed by atoms with E-state index in [9.17, 15) is 8.42 Å². The van der Waals surface area contributed by atoms with Crippen LogP contribution in [0.1, 0.15) is 0 Å². The molecule has 0 atom stereocenters. The molecule has 150 valence electrons. The molecule has 3 rings (SSSR count). The van der Waals surface area contributed by atoms with Gasteiger partial charge in [-0.1, -0.05) is 18.2 Å². The van der Waals surface area contributed by atoms with E-state index >= 15 is 0 Å². The zero-order valence-electron chi connectivity index (χ0n) is 15.7. The van der Waals surface area contributed by atoms with Crippen molar-refractivity contribution < 1.29 is 8.42 Å². The van der Waals surface area contributed by atoms with E-state index in [0.29, 0.717) is 26.0 Å². The molecular formula is C20H18Br2N4O2S. The molecule has 0 aliphatic rings. The summed E-state index contributed by atoms with van der Waals surface area (Å²) in [5.74, 6) is 0. The molecule has 0 heterocycles. The second-order valence-electron chi connectivity index (χ2n) is 6.31. The summed E-state index contributed by atoms with van der Waals surface area (Å²) in [6.45, 7) is 0. The summed E-state index contributed by atoms with van der Waals surface area (Å²) in [7, 11) is 0.214. The third-order valence-corrected chi connectivity index (χ3v) is 6.65. The van der Waals surface area contributed by atoms with Gasteiger partial charge in [0.25, 0.3) is 10.0 Å². The highest BCUT2D eigenvalue weighted by Gasteiger charge is 2.16. The number of azo groups is 1. The van der Waals surface area contributed by atoms with Crippen LogP contribution in [0.25, 0.3) is 0 Å². The summed E-state index contributed by atoms with van der Waals surface area (Å²) < 4.78 is 29.1. The second kappa shape index (κ2) is 9.06. The number of nitrogens with one attached hydrogen (secondary N) is 1. The summed E-state index contributed by atoms with van der Waals surface area (Å²) in [4.78, 5) is 2.18. The molecule has 3 aromatic carbocycles. The van der Waals surface area contributed by atoms with E-state index in [1.54, 1.807) is 30.3 Å². The van der Waals surface area contributed by atoms with Crippen molar-refractivity contribution >= 4 is 64.6 Å². The lowest BCUT2D eigenvalue weighted by Crippen LogP contribution is -2.13. The van der Waals surface area contributed by atoms with Gasteiger partial charge in [0.15, 0.2) is 0 Å². The van der Waals surface area contributed by atoms with Gasteiger partial charge in [-0.05, 0) is 80.4 Å². The number of anilines is 2. The maximum absolute atomic E-state index is 12.6. The summed E-state index contributed by atoms with van der Waals surface area (Å²) >= 11 is 6.83. The van der Waals surface area contributed by atoms with Gasteiger partial charge >= 0.3 is 0 Å². The summed E-state index contributed by atoms with van der Waals surface area (Å²) in [5.41, 5.74) is 2.62. The standard InChI is InChI=1S/C20H18Br2N4O2S/c1-26(2)15-10-8-14(9-11-15)23-24-19-13-20(18(22)12-17(19)21)25-29(27,28)16-6-4-3-5-7-16/h3-13,25H,1-2H3. The average Bonchev–Trinajstić information content (AvgIpc) is 2.70. The van der Waals surface area contributed by atoms with Crippen LogP contribution in [0.15, 0.2) is 90.8 Å². The highest BCUT2D eigenvalue weighted by atomic mass is 79.9. The summed E-state index contributed by atoms with van der Waals surface area (Å²) in [6, 6.07) is 19.2. The highest BCUT2D eigenvalue weighted by molar-refractivity contribution is 9.11. The number of benzene rings is 3. The van der Waals surface area contributed by atoms with Gasteiger partial charge in [-0.2, -0.15) is 5.11 Å². The van der Waals surface area contributed by atoms with Gasteiger partial charge in [0.1, 0.15) is 5.69 Å². The van der Waals surface area contributed by atoms with E-state index in [1.807, 2.05) is 43.3 Å². The smallest absolute Gasteiger partial charge is 0.261 e. The summed E-state index contributed by atoms with van der Waals surface area (Å²) in [6.07, 6.45) is 0. The van der Waals surface area contributed by atoms with Crippen LogP contribution in [0.3, 0.4) is 0 Å². The Morgan fingerprint density at radius 1 is 0.862 bits per heavy atom. The second-order valence-corrected chi connectivity index (χ2v) is 9.70. The first-order valence-corrected chi connectivity index (χ1v) is 11.6. The van der Waals surface area contributed by atoms with E-state index < -0.39 is 10.0 Å². The lowest BCUT2D eigenvalue weighted by atomic mass is 10.3. The van der Waals surface area contributed by atoms with Crippen molar-refractivity contribution in [3.8, 4) is 0 Å². The van der Waals surface area contributed by atoms with Crippen molar-refractivity contribution in [1.82, 2.24) is 0 Å². The number of nitrogens with zero attached hydrogens (tertiary/aromatic N) is 3. The van der Waals surface area contributed by atoms with Crippen molar-refractivity contribution in [3.63, 3.8) is 0 Å². The summed E-state index contributed by atoms with van der Waals surface area (Å²) in [5, 5.41) is 8.51. The average molecular weight is 538 g/mol. The van der Waals surface area contributed by atoms with E-state index in [4.69, 9.17) is 0 Å². The zero-order chi connectivity index (χ0) is 21.0. The Kier molecular flexibility index (Phi) is 6.71. The Hall–Kier alpha value is -2.23. The molecule has 0 bridgehead atoms. The molecule has 6 nitrogen and oxygen atoms in total. The van der Waals surface area contributed by atoms with Crippen LogP contribution >= 0.6 is 31.9 Å². The number of halogens is 2. The first-order chi connectivity index (χ1) is 13.8. The molecule has 0 saturated heterocycles. The third kappa shape index (κ3) is 5.43. The van der Waals surface area contributed by atoms with Gasteiger partial charge in [0.2, 0.25) is 0 Å². The number of hydrogen-bond acceptors (Lipinski definition) is 5. The van der Waals surface area contributed by atoms with Gasteiger partial charge in [-0.15, -0.1) is 5.11 Å². The number of sulfonamides is 1. The lowest BCUT2D eigenvalue weighted by Gasteiger charge is -2.12. The molecule has 0 aliphatic carbocycles. The van der Waals surface area contributed by atoms with Crippen molar-refractivity contribution in [2.75, 3.05) is 23.7 Å². The third-order valence-electron chi connectivity index (χ3n) is 3.97. The molecule has 0 radical (unpaired) electrons. The van der Waals surface area contributed by atoms with Gasteiger partial charge < -0.3 is 4.90 Å². The van der Waals surface area contributed by atoms with Crippen LogP contribution in [0.2, 0.25) is 0 Å². The van der Waals surface area contributed by atoms with Crippen LogP contribution < -0.4 is 9.62 Å². The molecule has 0 aliphatic heterocycles. The lowest BCUT2D eigenvalue weighted by molar-refractivity contribution is 0.601. The molecular weight excluding hydrogens is 520 g/mol. The van der Waals surface area contributed by atoms with Crippen molar-refractivity contribution in [1.29, 1.82) is 0 Å². The quantitative estimate of drug-likeness (QED) is 0.365. The van der Waals surface area contributed by atoms with Gasteiger partial charge in [-0.3, -0.25) is 4.72 Å². The van der Waals surface area contributed by atoms with Crippen molar-refractivity contribution in [3.05, 3.63) is 75.7 Å². The molecule has 0 saturated carbocycles. The van der Waals surface area contributed by atoms with Crippen LogP contribution in [0.4, 0.5) is 22.7 Å². The Morgan fingerprint density at radius 3 is 2.14 bits per heavy atom.